The Balaban J connectivity index is 0. The zero-order valence-electron chi connectivity index (χ0n) is 6.63. The Kier molecular flexibility index (Phi) is 10.6. The fourth-order valence-corrected chi connectivity index (χ4v) is 0.850. The summed E-state index contributed by atoms with van der Waals surface area (Å²) < 4.78 is 34.8. The van der Waals surface area contributed by atoms with E-state index in [0.717, 1.165) is 0 Å². The zero-order chi connectivity index (χ0) is 8.91. The molecular formula is C4H9NaO4S3. The van der Waals surface area contributed by atoms with Crippen LogP contribution in [0, 0.1) is 0 Å². The minimum atomic E-state index is -4.16. The second kappa shape index (κ2) is 7.93. The molecule has 0 spiro atoms. The molecule has 0 aromatic rings. The largest absolute Gasteiger partial charge is 1.00 e. The van der Waals surface area contributed by atoms with Crippen LogP contribution in [0.5, 0.6) is 0 Å². The molecule has 0 aromatic carbocycles. The van der Waals surface area contributed by atoms with Gasteiger partial charge in [0.05, 0.1) is 22.5 Å². The minimum absolute atomic E-state index is 0. The summed E-state index contributed by atoms with van der Waals surface area (Å²) in [5.74, 6) is -0.139. The minimum Gasteiger partial charge on any atom is -0.748 e. The van der Waals surface area contributed by atoms with Crippen molar-refractivity contribution in [2.75, 3.05) is 18.1 Å². The van der Waals surface area contributed by atoms with Crippen LogP contribution in [0.1, 0.15) is 0 Å². The third-order valence-corrected chi connectivity index (χ3v) is 2.42. The van der Waals surface area contributed by atoms with Crippen LogP contribution in [-0.4, -0.2) is 36.5 Å². The summed E-state index contributed by atoms with van der Waals surface area (Å²) in [4.78, 5) is 0. The Bertz CT molecular complexity index is 192. The summed E-state index contributed by atoms with van der Waals surface area (Å²) in [6.07, 6.45) is 0. The molecule has 0 amide bonds. The van der Waals surface area contributed by atoms with Gasteiger partial charge in [-0.05, 0) is 0 Å². The maximum atomic E-state index is 10.0. The molecule has 0 aromatic heterocycles. The van der Waals surface area contributed by atoms with E-state index >= 15 is 0 Å². The Morgan fingerprint density at radius 3 is 2.33 bits per heavy atom. The van der Waals surface area contributed by atoms with Gasteiger partial charge in [-0.25, -0.2) is 8.42 Å². The first-order valence-electron chi connectivity index (χ1n) is 2.80. The molecule has 4 nitrogen and oxygen atoms in total. The van der Waals surface area contributed by atoms with E-state index in [-0.39, 0.29) is 36.2 Å². The molecule has 0 aliphatic rings. The Hall–Kier alpha value is 1.57. The van der Waals surface area contributed by atoms with Crippen molar-refractivity contribution >= 4 is 35.4 Å². The average Bonchev–Trinajstić information content (AvgIpc) is 1.85. The first kappa shape index (κ1) is 16.0. The topological polar surface area (TPSA) is 66.4 Å². The van der Waals surface area contributed by atoms with E-state index in [0.29, 0.717) is 5.75 Å². The predicted octanol–water partition coefficient (Wildman–Crippen LogP) is -3.26. The van der Waals surface area contributed by atoms with E-state index in [2.05, 4.69) is 25.3 Å². The summed E-state index contributed by atoms with van der Waals surface area (Å²) in [5.41, 5.74) is -0.417. The molecule has 0 heterocycles. The number of ether oxygens (including phenoxy) is 1. The normalized spacial score (nSPS) is 13.6. The smallest absolute Gasteiger partial charge is 0.748 e. The zero-order valence-corrected chi connectivity index (χ0v) is 11.2. The van der Waals surface area contributed by atoms with Crippen molar-refractivity contribution in [3.8, 4) is 0 Å². The second-order valence-corrected chi connectivity index (χ2v) is 4.23. The van der Waals surface area contributed by atoms with Gasteiger partial charge >= 0.3 is 29.6 Å². The number of rotatable bonds is 5. The van der Waals surface area contributed by atoms with Gasteiger partial charge in [-0.1, -0.05) is 0 Å². The van der Waals surface area contributed by atoms with Crippen molar-refractivity contribution in [3.05, 3.63) is 0 Å². The van der Waals surface area contributed by atoms with Crippen molar-refractivity contribution in [2.45, 2.75) is 5.44 Å². The molecule has 1 atom stereocenters. The van der Waals surface area contributed by atoms with Crippen LogP contribution in [0.4, 0.5) is 0 Å². The number of hydrogen-bond donors (Lipinski definition) is 2. The van der Waals surface area contributed by atoms with E-state index in [4.69, 9.17) is 4.74 Å². The fourth-order valence-electron chi connectivity index (χ4n) is 0.339. The molecule has 8 heteroatoms. The van der Waals surface area contributed by atoms with Crippen LogP contribution in [0.2, 0.25) is 0 Å². The van der Waals surface area contributed by atoms with Crippen LogP contribution in [0.3, 0.4) is 0 Å². The summed E-state index contributed by atoms with van der Waals surface area (Å²) in [7, 11) is -4.16. The van der Waals surface area contributed by atoms with Gasteiger partial charge < -0.3 is 9.29 Å². The summed E-state index contributed by atoms with van der Waals surface area (Å²) in [5, 5.41) is 0. The van der Waals surface area contributed by atoms with E-state index in [1.54, 1.807) is 0 Å². The molecule has 0 saturated carbocycles. The number of hydrogen-bond acceptors (Lipinski definition) is 6. The number of thiol groups is 2. The Labute approximate surface area is 105 Å². The molecule has 0 aliphatic heterocycles. The van der Waals surface area contributed by atoms with Crippen molar-refractivity contribution in [3.63, 3.8) is 0 Å². The van der Waals surface area contributed by atoms with Gasteiger partial charge in [0.25, 0.3) is 0 Å². The van der Waals surface area contributed by atoms with Crippen LogP contribution in [0.15, 0.2) is 0 Å². The Morgan fingerprint density at radius 1 is 1.50 bits per heavy atom. The van der Waals surface area contributed by atoms with Crippen LogP contribution in [-0.2, 0) is 14.9 Å². The molecule has 0 N–H and O–H groups in total. The van der Waals surface area contributed by atoms with Gasteiger partial charge in [-0.2, -0.15) is 12.6 Å². The monoisotopic (exact) mass is 240 g/mol. The summed E-state index contributed by atoms with van der Waals surface area (Å²) in [6.45, 7) is -0.124. The van der Waals surface area contributed by atoms with Crippen LogP contribution >= 0.6 is 25.3 Å². The quantitative estimate of drug-likeness (QED) is 0.229. The van der Waals surface area contributed by atoms with Crippen molar-refractivity contribution in [2.24, 2.45) is 0 Å². The van der Waals surface area contributed by atoms with Crippen molar-refractivity contribution < 1.29 is 47.3 Å². The van der Waals surface area contributed by atoms with E-state index < -0.39 is 21.3 Å². The maximum absolute atomic E-state index is 10.0. The van der Waals surface area contributed by atoms with E-state index in [1.807, 2.05) is 0 Å². The van der Waals surface area contributed by atoms with Gasteiger partial charge in [0.15, 0.2) is 0 Å². The van der Waals surface area contributed by atoms with Gasteiger partial charge in [-0.3, -0.25) is 0 Å². The Morgan fingerprint density at radius 2 is 2.00 bits per heavy atom. The summed E-state index contributed by atoms with van der Waals surface area (Å²) >= 11 is 7.70. The summed E-state index contributed by atoms with van der Waals surface area (Å²) in [6, 6.07) is 0. The fraction of sp³-hybridized carbons (Fsp3) is 1.00. The van der Waals surface area contributed by atoms with Gasteiger partial charge in [0.2, 0.25) is 0 Å². The molecule has 0 aliphatic carbocycles. The third-order valence-electron chi connectivity index (χ3n) is 0.800. The molecule has 0 bridgehead atoms. The molecule has 0 saturated heterocycles. The average molecular weight is 240 g/mol. The van der Waals surface area contributed by atoms with Crippen LogP contribution in [0.25, 0.3) is 0 Å². The standard InChI is InChI=1S/C4H10O4S3.Na/c5-11(6,7)2-1-8-4(10)3-9;/h4,9-10H,1-3H2,(H,5,6,7);/q;+1/p-1. The molecular weight excluding hydrogens is 231 g/mol. The maximum Gasteiger partial charge on any atom is 1.00 e. The van der Waals surface area contributed by atoms with Crippen molar-refractivity contribution in [1.29, 1.82) is 0 Å². The molecule has 68 valence electrons. The molecule has 0 rings (SSSR count). The third kappa shape index (κ3) is 11.6. The molecule has 0 fully saturated rings. The van der Waals surface area contributed by atoms with E-state index in [1.165, 1.54) is 0 Å². The van der Waals surface area contributed by atoms with E-state index in [9.17, 15) is 13.0 Å². The van der Waals surface area contributed by atoms with Gasteiger partial charge in [0, 0.05) is 5.75 Å². The first-order chi connectivity index (χ1) is 4.95. The molecule has 1 unspecified atom stereocenters. The van der Waals surface area contributed by atoms with Crippen LogP contribution < -0.4 is 29.6 Å². The first-order valence-corrected chi connectivity index (χ1v) is 5.52. The molecule has 0 radical (unpaired) electrons. The predicted molar refractivity (Wildman–Crippen MR) is 47.1 cm³/mol. The van der Waals surface area contributed by atoms with Gasteiger partial charge in [-0.15, -0.1) is 12.6 Å². The molecule has 12 heavy (non-hydrogen) atoms. The SMILES string of the molecule is O=S(=O)([O-])CCOC(S)CS.[Na+]. The second-order valence-electron chi connectivity index (χ2n) is 1.77. The van der Waals surface area contributed by atoms with Crippen molar-refractivity contribution in [1.82, 2.24) is 0 Å². The van der Waals surface area contributed by atoms with Gasteiger partial charge in [0.1, 0.15) is 5.44 Å².